The Morgan fingerprint density at radius 1 is 1.50 bits per heavy atom. The smallest absolute Gasteiger partial charge is 0.191 e. The molecule has 1 aromatic carbocycles. The summed E-state index contributed by atoms with van der Waals surface area (Å²) in [6, 6.07) is 6.50. The molecule has 0 saturated carbocycles. The monoisotopic (exact) mass is 355 g/mol. The molecule has 0 fully saturated rings. The number of hydrogen-bond donors (Lipinski definition) is 2. The number of nitrogens with one attached hydrogen (secondary N) is 2. The zero-order valence-corrected chi connectivity index (χ0v) is 15.0. The van der Waals surface area contributed by atoms with Crippen LogP contribution in [0.3, 0.4) is 0 Å². The Bertz CT molecular complexity index is 850. The first-order valence-corrected chi connectivity index (χ1v) is 8.72. The fourth-order valence-electron chi connectivity index (χ4n) is 2.99. The van der Waals surface area contributed by atoms with E-state index in [9.17, 15) is 4.39 Å². The van der Waals surface area contributed by atoms with Crippen molar-refractivity contribution in [3.63, 3.8) is 0 Å². The predicted octanol–water partition coefficient (Wildman–Crippen LogP) is 1.67. The number of aryl methyl sites for hydroxylation is 2. The molecule has 7 nitrogen and oxygen atoms in total. The van der Waals surface area contributed by atoms with E-state index in [2.05, 4.69) is 25.7 Å². The third-order valence-electron chi connectivity index (χ3n) is 4.23. The number of guanidine groups is 1. The lowest BCUT2D eigenvalue weighted by atomic mass is 10.1. The summed E-state index contributed by atoms with van der Waals surface area (Å²) in [6.07, 6.45) is 1.79. The highest BCUT2D eigenvalue weighted by molar-refractivity contribution is 5.80. The zero-order chi connectivity index (χ0) is 18.5. The van der Waals surface area contributed by atoms with Crippen LogP contribution in [0.5, 0.6) is 0 Å². The molecule has 136 valence electrons. The van der Waals surface area contributed by atoms with Crippen LogP contribution in [0.1, 0.15) is 36.1 Å². The van der Waals surface area contributed by atoms with E-state index in [4.69, 9.17) is 5.26 Å². The van der Waals surface area contributed by atoms with Crippen LogP contribution in [-0.2, 0) is 19.5 Å². The lowest BCUT2D eigenvalue weighted by Crippen LogP contribution is -2.47. The Kier molecular flexibility index (Phi) is 5.46. The van der Waals surface area contributed by atoms with Gasteiger partial charge in [0.25, 0.3) is 0 Å². The third kappa shape index (κ3) is 4.17. The van der Waals surface area contributed by atoms with E-state index >= 15 is 0 Å². The summed E-state index contributed by atoms with van der Waals surface area (Å²) in [6.45, 7) is 5.46. The Morgan fingerprint density at radius 3 is 3.12 bits per heavy atom. The Labute approximate surface area is 152 Å². The molecule has 1 unspecified atom stereocenters. The normalized spacial score (nSPS) is 16.7. The highest BCUT2D eigenvalue weighted by Gasteiger charge is 2.21. The minimum absolute atomic E-state index is 0.164. The number of aliphatic imine (C=N–C) groups is 1. The molecule has 1 aromatic heterocycles. The van der Waals surface area contributed by atoms with E-state index in [1.165, 1.54) is 18.2 Å². The fraction of sp³-hybridized carbons (Fsp3) is 0.444. The molecule has 1 aliphatic rings. The molecule has 2 N–H and O–H groups in total. The van der Waals surface area contributed by atoms with Gasteiger partial charge in [-0.1, -0.05) is 0 Å². The highest BCUT2D eigenvalue weighted by Crippen LogP contribution is 2.14. The summed E-state index contributed by atoms with van der Waals surface area (Å²) in [4.78, 5) is 8.89. The van der Waals surface area contributed by atoms with Crippen LogP contribution in [0.15, 0.2) is 23.2 Å². The van der Waals surface area contributed by atoms with E-state index in [0.29, 0.717) is 23.6 Å². The topological polar surface area (TPSA) is 90.9 Å². The number of fused-ring (bicyclic) bond motifs is 1. The van der Waals surface area contributed by atoms with E-state index in [0.717, 1.165) is 31.0 Å². The van der Waals surface area contributed by atoms with Crippen LogP contribution in [0.4, 0.5) is 4.39 Å². The van der Waals surface area contributed by atoms with Gasteiger partial charge >= 0.3 is 0 Å². The van der Waals surface area contributed by atoms with E-state index < -0.39 is 0 Å². The van der Waals surface area contributed by atoms with Gasteiger partial charge in [0.1, 0.15) is 17.5 Å². The maximum absolute atomic E-state index is 13.9. The molecule has 0 saturated heterocycles. The number of rotatable bonds is 4. The maximum atomic E-state index is 13.9. The molecule has 0 bridgehead atoms. The highest BCUT2D eigenvalue weighted by atomic mass is 19.1. The number of benzene rings is 1. The number of hydrogen-bond acceptors (Lipinski definition) is 4. The first kappa shape index (κ1) is 17.9. The van der Waals surface area contributed by atoms with Gasteiger partial charge in [-0.05, 0) is 38.5 Å². The minimum atomic E-state index is -0.357. The molecule has 0 radical (unpaired) electrons. The average Bonchev–Trinajstić information content (AvgIpc) is 3.00. The van der Waals surface area contributed by atoms with E-state index in [1.807, 2.05) is 24.6 Å². The van der Waals surface area contributed by atoms with Crippen molar-refractivity contribution in [1.82, 2.24) is 25.4 Å². The van der Waals surface area contributed by atoms with Gasteiger partial charge in [-0.3, -0.25) is 0 Å². The van der Waals surface area contributed by atoms with Crippen molar-refractivity contribution in [3.05, 3.63) is 46.8 Å². The second-order valence-electron chi connectivity index (χ2n) is 6.25. The van der Waals surface area contributed by atoms with Gasteiger partial charge < -0.3 is 10.6 Å². The predicted molar refractivity (Wildman–Crippen MR) is 95.9 cm³/mol. The fourth-order valence-corrected chi connectivity index (χ4v) is 2.99. The van der Waals surface area contributed by atoms with Gasteiger partial charge in [-0.25, -0.2) is 19.0 Å². The quantitative estimate of drug-likeness (QED) is 0.643. The Hall–Kier alpha value is -2.95. The van der Waals surface area contributed by atoms with Crippen molar-refractivity contribution < 1.29 is 4.39 Å². The van der Waals surface area contributed by atoms with Crippen LogP contribution in [0.2, 0.25) is 0 Å². The largest absolute Gasteiger partial charge is 0.357 e. The van der Waals surface area contributed by atoms with Crippen LogP contribution in [0.25, 0.3) is 0 Å². The summed E-state index contributed by atoms with van der Waals surface area (Å²) in [5.41, 5.74) is 0.829. The van der Waals surface area contributed by atoms with Crippen molar-refractivity contribution in [1.29, 1.82) is 5.26 Å². The summed E-state index contributed by atoms with van der Waals surface area (Å²) < 4.78 is 15.9. The molecule has 8 heteroatoms. The average molecular weight is 355 g/mol. The molecule has 2 heterocycles. The van der Waals surface area contributed by atoms with Crippen LogP contribution in [0, 0.1) is 24.1 Å². The van der Waals surface area contributed by atoms with Gasteiger partial charge in [0.15, 0.2) is 5.96 Å². The minimum Gasteiger partial charge on any atom is -0.357 e. The zero-order valence-electron chi connectivity index (χ0n) is 15.0. The summed E-state index contributed by atoms with van der Waals surface area (Å²) in [5, 5.41) is 19.9. The van der Waals surface area contributed by atoms with Gasteiger partial charge in [0.2, 0.25) is 0 Å². The van der Waals surface area contributed by atoms with Gasteiger partial charge in [0, 0.05) is 24.6 Å². The maximum Gasteiger partial charge on any atom is 0.191 e. The molecular weight excluding hydrogens is 333 g/mol. The second kappa shape index (κ2) is 7.95. The molecule has 0 spiro atoms. The van der Waals surface area contributed by atoms with Gasteiger partial charge in [-0.2, -0.15) is 10.4 Å². The van der Waals surface area contributed by atoms with Crippen molar-refractivity contribution in [2.24, 2.45) is 4.99 Å². The first-order chi connectivity index (χ1) is 12.6. The molecule has 26 heavy (non-hydrogen) atoms. The SMILES string of the molecule is CCNC(=NCc1cc(C#N)ccc1F)NC1CCc2nc(C)nn2C1. The lowest BCUT2D eigenvalue weighted by Gasteiger charge is -2.25. The lowest BCUT2D eigenvalue weighted by molar-refractivity contribution is 0.392. The molecule has 3 rings (SSSR count). The van der Waals surface area contributed by atoms with Crippen LogP contribution < -0.4 is 10.6 Å². The summed E-state index contributed by atoms with van der Waals surface area (Å²) in [5.74, 6) is 2.07. The molecule has 0 amide bonds. The molecule has 0 aliphatic carbocycles. The van der Waals surface area contributed by atoms with Crippen LogP contribution >= 0.6 is 0 Å². The van der Waals surface area contributed by atoms with Crippen molar-refractivity contribution in [2.45, 2.75) is 45.8 Å². The Morgan fingerprint density at radius 2 is 2.35 bits per heavy atom. The summed E-state index contributed by atoms with van der Waals surface area (Å²) >= 11 is 0. The molecule has 1 aliphatic heterocycles. The number of aromatic nitrogens is 3. The van der Waals surface area contributed by atoms with Crippen molar-refractivity contribution in [2.75, 3.05) is 6.54 Å². The molecule has 1 atom stereocenters. The number of nitrogens with zero attached hydrogens (tertiary/aromatic N) is 5. The molecule has 2 aromatic rings. The van der Waals surface area contributed by atoms with Crippen molar-refractivity contribution >= 4 is 5.96 Å². The van der Waals surface area contributed by atoms with Gasteiger partial charge in [0.05, 0.1) is 24.7 Å². The Balaban J connectivity index is 1.69. The van der Waals surface area contributed by atoms with Crippen LogP contribution in [-0.4, -0.2) is 33.3 Å². The first-order valence-electron chi connectivity index (χ1n) is 8.72. The molecular formula is C18H22FN7. The van der Waals surface area contributed by atoms with Gasteiger partial charge in [-0.15, -0.1) is 0 Å². The van der Waals surface area contributed by atoms with E-state index in [1.54, 1.807) is 0 Å². The van der Waals surface area contributed by atoms with E-state index in [-0.39, 0.29) is 18.4 Å². The number of halogens is 1. The third-order valence-corrected chi connectivity index (χ3v) is 4.23. The standard InChI is InChI=1S/C18H22FN7/c1-3-21-18(22-10-14-8-13(9-20)4-6-16(14)19)24-15-5-7-17-23-12(2)25-26(17)11-15/h4,6,8,15H,3,5,7,10-11H2,1-2H3,(H2,21,22,24). The summed E-state index contributed by atoms with van der Waals surface area (Å²) in [7, 11) is 0. The second-order valence-corrected chi connectivity index (χ2v) is 6.25. The number of nitriles is 1. The van der Waals surface area contributed by atoms with Crippen molar-refractivity contribution in [3.8, 4) is 6.07 Å².